The molecule has 0 saturated carbocycles. The van der Waals surface area contributed by atoms with E-state index in [0.29, 0.717) is 18.2 Å². The maximum Gasteiger partial charge on any atom is 0.188 e. The number of halogens is 1. The van der Waals surface area contributed by atoms with Crippen LogP contribution in [0.25, 0.3) is 0 Å². The van der Waals surface area contributed by atoms with E-state index in [-0.39, 0.29) is 5.82 Å². The molecule has 0 spiro atoms. The number of anilines is 1. The molecule has 0 saturated heterocycles. The van der Waals surface area contributed by atoms with Crippen LogP contribution in [0.1, 0.15) is 24.3 Å². The highest BCUT2D eigenvalue weighted by Crippen LogP contribution is 2.20. The van der Waals surface area contributed by atoms with E-state index in [4.69, 9.17) is 5.73 Å². The van der Waals surface area contributed by atoms with Gasteiger partial charge in [-0.25, -0.2) is 9.38 Å². The summed E-state index contributed by atoms with van der Waals surface area (Å²) in [6, 6.07) is 9.39. The predicted octanol–water partition coefficient (Wildman–Crippen LogP) is 3.38. The van der Waals surface area contributed by atoms with Gasteiger partial charge < -0.3 is 16.0 Å². The Hall–Kier alpha value is -2.08. The third-order valence-corrected chi connectivity index (χ3v) is 4.74. The van der Waals surface area contributed by atoms with Crippen molar-refractivity contribution in [3.05, 3.63) is 52.0 Å². The van der Waals surface area contributed by atoms with Gasteiger partial charge in [-0.3, -0.25) is 0 Å². The highest BCUT2D eigenvalue weighted by molar-refractivity contribution is 7.09. The summed E-state index contributed by atoms with van der Waals surface area (Å²) in [5, 5.41) is 5.14. The van der Waals surface area contributed by atoms with Crippen LogP contribution >= 0.6 is 11.3 Å². The van der Waals surface area contributed by atoms with E-state index in [9.17, 15) is 4.39 Å². The van der Waals surface area contributed by atoms with Crippen molar-refractivity contribution in [1.82, 2.24) is 5.32 Å². The van der Waals surface area contributed by atoms with Crippen molar-refractivity contribution < 1.29 is 4.39 Å². The first kappa shape index (κ1) is 18.3. The van der Waals surface area contributed by atoms with Crippen LogP contribution in [0.3, 0.4) is 0 Å². The van der Waals surface area contributed by atoms with E-state index >= 15 is 0 Å². The van der Waals surface area contributed by atoms with Crippen molar-refractivity contribution in [2.75, 3.05) is 24.5 Å². The number of nitrogens with zero attached hydrogens (tertiary/aromatic N) is 2. The number of nitrogens with one attached hydrogen (secondary N) is 1. The summed E-state index contributed by atoms with van der Waals surface area (Å²) in [5.41, 5.74) is 7.31. The topological polar surface area (TPSA) is 53.6 Å². The Morgan fingerprint density at radius 2 is 2.08 bits per heavy atom. The standard InChI is InChI=1S/C18H25FN4S/c1-3-23(4-2)17-8-7-14(12-16(17)19)13-22-18(20)21-10-9-15-6-5-11-24-15/h5-8,11-12H,3-4,9-10,13H2,1-2H3,(H3,20,21,22). The van der Waals surface area contributed by atoms with Gasteiger partial charge in [0, 0.05) is 24.5 Å². The van der Waals surface area contributed by atoms with Gasteiger partial charge >= 0.3 is 0 Å². The zero-order chi connectivity index (χ0) is 17.4. The van der Waals surface area contributed by atoms with Crippen molar-refractivity contribution in [1.29, 1.82) is 0 Å². The van der Waals surface area contributed by atoms with Crippen LogP contribution in [0.4, 0.5) is 10.1 Å². The molecule has 2 rings (SSSR count). The number of rotatable bonds is 8. The first-order valence-corrected chi connectivity index (χ1v) is 9.11. The lowest BCUT2D eigenvalue weighted by molar-refractivity contribution is 0.617. The summed E-state index contributed by atoms with van der Waals surface area (Å²) < 4.78 is 14.2. The molecule has 0 aliphatic heterocycles. The minimum absolute atomic E-state index is 0.212. The summed E-state index contributed by atoms with van der Waals surface area (Å²) >= 11 is 1.73. The number of hydrogen-bond acceptors (Lipinski definition) is 3. The third-order valence-electron chi connectivity index (χ3n) is 3.81. The normalized spacial score (nSPS) is 11.5. The Morgan fingerprint density at radius 3 is 2.71 bits per heavy atom. The second kappa shape index (κ2) is 9.27. The van der Waals surface area contributed by atoms with Crippen LogP contribution in [0.5, 0.6) is 0 Å². The molecule has 1 heterocycles. The zero-order valence-electron chi connectivity index (χ0n) is 14.3. The molecule has 3 N–H and O–H groups in total. The van der Waals surface area contributed by atoms with E-state index < -0.39 is 0 Å². The van der Waals surface area contributed by atoms with Gasteiger partial charge in [0.2, 0.25) is 0 Å². The summed E-state index contributed by atoms with van der Waals surface area (Å²) in [6.45, 7) is 6.71. The van der Waals surface area contributed by atoms with Crippen LogP contribution in [0.2, 0.25) is 0 Å². The molecule has 2 aromatic rings. The summed E-state index contributed by atoms with van der Waals surface area (Å²) in [6.07, 6.45) is 0.918. The molecule has 130 valence electrons. The van der Waals surface area contributed by atoms with Gasteiger partial charge in [-0.1, -0.05) is 12.1 Å². The fourth-order valence-electron chi connectivity index (χ4n) is 2.47. The smallest absolute Gasteiger partial charge is 0.188 e. The van der Waals surface area contributed by atoms with Gasteiger partial charge in [0.05, 0.1) is 12.2 Å². The Kier molecular flexibility index (Phi) is 7.06. The van der Waals surface area contributed by atoms with Gasteiger partial charge in [-0.05, 0) is 49.4 Å². The number of hydrogen-bond donors (Lipinski definition) is 2. The van der Waals surface area contributed by atoms with E-state index in [1.807, 2.05) is 36.9 Å². The average molecular weight is 348 g/mol. The third kappa shape index (κ3) is 5.23. The molecule has 0 fully saturated rings. The number of nitrogens with two attached hydrogens (primary N) is 1. The van der Waals surface area contributed by atoms with Crippen molar-refractivity contribution in [3.63, 3.8) is 0 Å². The van der Waals surface area contributed by atoms with Gasteiger partial charge in [-0.15, -0.1) is 11.3 Å². The average Bonchev–Trinajstić information content (AvgIpc) is 3.09. The number of benzene rings is 1. The lowest BCUT2D eigenvalue weighted by atomic mass is 10.2. The molecule has 0 aliphatic rings. The lowest BCUT2D eigenvalue weighted by Crippen LogP contribution is -2.33. The van der Waals surface area contributed by atoms with Crippen LogP contribution < -0.4 is 16.0 Å². The van der Waals surface area contributed by atoms with Gasteiger partial charge in [0.25, 0.3) is 0 Å². The highest BCUT2D eigenvalue weighted by atomic mass is 32.1. The van der Waals surface area contributed by atoms with Crippen molar-refractivity contribution in [2.45, 2.75) is 26.8 Å². The van der Waals surface area contributed by atoms with Crippen molar-refractivity contribution in [2.24, 2.45) is 10.7 Å². The fraction of sp³-hybridized carbons (Fsp3) is 0.389. The van der Waals surface area contributed by atoms with Crippen molar-refractivity contribution >= 4 is 23.0 Å². The van der Waals surface area contributed by atoms with Crippen LogP contribution in [-0.2, 0) is 13.0 Å². The Balaban J connectivity index is 1.87. The molecule has 1 aromatic heterocycles. The predicted molar refractivity (Wildman–Crippen MR) is 101 cm³/mol. The molecule has 4 nitrogen and oxygen atoms in total. The van der Waals surface area contributed by atoms with Crippen LogP contribution in [-0.4, -0.2) is 25.6 Å². The molecular weight excluding hydrogens is 323 g/mol. The van der Waals surface area contributed by atoms with Crippen LogP contribution in [0, 0.1) is 5.82 Å². The van der Waals surface area contributed by atoms with E-state index in [1.165, 1.54) is 10.9 Å². The second-order valence-electron chi connectivity index (χ2n) is 5.42. The summed E-state index contributed by atoms with van der Waals surface area (Å²) in [7, 11) is 0. The Morgan fingerprint density at radius 1 is 1.29 bits per heavy atom. The first-order valence-electron chi connectivity index (χ1n) is 8.23. The number of guanidine groups is 1. The van der Waals surface area contributed by atoms with Gasteiger partial charge in [0.1, 0.15) is 5.82 Å². The Labute approximate surface area is 147 Å². The SMILES string of the molecule is CCN(CC)c1ccc(CN=C(N)NCCc2cccs2)cc1F. The monoisotopic (exact) mass is 348 g/mol. The minimum atomic E-state index is -0.212. The maximum atomic E-state index is 14.2. The first-order chi connectivity index (χ1) is 11.6. The minimum Gasteiger partial charge on any atom is -0.370 e. The molecule has 0 amide bonds. The van der Waals surface area contributed by atoms with Gasteiger partial charge in [-0.2, -0.15) is 0 Å². The largest absolute Gasteiger partial charge is 0.370 e. The molecule has 0 atom stereocenters. The zero-order valence-corrected chi connectivity index (χ0v) is 15.1. The van der Waals surface area contributed by atoms with E-state index in [0.717, 1.165) is 31.6 Å². The Bertz CT molecular complexity index is 651. The second-order valence-corrected chi connectivity index (χ2v) is 6.45. The van der Waals surface area contributed by atoms with E-state index in [2.05, 4.69) is 21.8 Å². The molecule has 1 aromatic carbocycles. The maximum absolute atomic E-state index is 14.2. The molecule has 24 heavy (non-hydrogen) atoms. The molecule has 0 bridgehead atoms. The highest BCUT2D eigenvalue weighted by Gasteiger charge is 2.08. The molecule has 6 heteroatoms. The molecular formula is C18H25FN4S. The lowest BCUT2D eigenvalue weighted by Gasteiger charge is -2.21. The number of aliphatic imine (C=N–C) groups is 1. The molecule has 0 radical (unpaired) electrons. The molecule has 0 aliphatic carbocycles. The molecule has 0 unspecified atom stereocenters. The summed E-state index contributed by atoms with van der Waals surface area (Å²) in [5.74, 6) is 0.176. The number of thiophene rings is 1. The van der Waals surface area contributed by atoms with E-state index in [1.54, 1.807) is 11.3 Å². The van der Waals surface area contributed by atoms with Crippen molar-refractivity contribution in [3.8, 4) is 0 Å². The summed E-state index contributed by atoms with van der Waals surface area (Å²) in [4.78, 5) is 7.57. The quantitative estimate of drug-likeness (QED) is 0.568. The van der Waals surface area contributed by atoms with Gasteiger partial charge in [0.15, 0.2) is 5.96 Å². The fourth-order valence-corrected chi connectivity index (χ4v) is 3.18. The van der Waals surface area contributed by atoms with Crippen LogP contribution in [0.15, 0.2) is 40.7 Å².